The highest BCUT2D eigenvalue weighted by Crippen LogP contribution is 2.19. The third-order valence-corrected chi connectivity index (χ3v) is 2.90. The molecule has 1 aromatic rings. The predicted molar refractivity (Wildman–Crippen MR) is 67.0 cm³/mol. The molecule has 1 unspecified atom stereocenters. The van der Waals surface area contributed by atoms with Gasteiger partial charge in [0.25, 0.3) is 0 Å². The Morgan fingerprint density at radius 1 is 1.61 bits per heavy atom. The number of morpholine rings is 1. The molecule has 2 rings (SSSR count). The summed E-state index contributed by atoms with van der Waals surface area (Å²) >= 11 is 0. The van der Waals surface area contributed by atoms with Crippen LogP contribution in [0, 0.1) is 12.7 Å². The fraction of sp³-hybridized carbons (Fsp3) is 0.462. The maximum atomic E-state index is 13.5. The Kier molecular flexibility index (Phi) is 4.28. The highest BCUT2D eigenvalue weighted by atomic mass is 19.1. The number of anilines is 1. The van der Waals surface area contributed by atoms with Crippen molar-refractivity contribution < 1.29 is 13.9 Å². The normalized spacial score (nSPS) is 19.6. The van der Waals surface area contributed by atoms with Gasteiger partial charge in [-0.1, -0.05) is 12.1 Å². The van der Waals surface area contributed by atoms with Gasteiger partial charge < -0.3 is 15.4 Å². The van der Waals surface area contributed by atoms with Crippen LogP contribution in [-0.4, -0.2) is 31.7 Å². The predicted octanol–water partition coefficient (Wildman–Crippen LogP) is 1.45. The van der Waals surface area contributed by atoms with E-state index in [-0.39, 0.29) is 24.1 Å². The van der Waals surface area contributed by atoms with Gasteiger partial charge in [0.1, 0.15) is 5.82 Å². The molecule has 98 valence electrons. The molecule has 4 nitrogen and oxygen atoms in total. The van der Waals surface area contributed by atoms with E-state index in [4.69, 9.17) is 4.74 Å². The Hall–Kier alpha value is -1.46. The van der Waals surface area contributed by atoms with Crippen LogP contribution in [0.15, 0.2) is 18.2 Å². The van der Waals surface area contributed by atoms with Crippen LogP contribution >= 0.6 is 0 Å². The second-order valence-corrected chi connectivity index (χ2v) is 4.38. The quantitative estimate of drug-likeness (QED) is 0.856. The van der Waals surface area contributed by atoms with E-state index in [1.165, 1.54) is 6.07 Å². The van der Waals surface area contributed by atoms with Crippen LogP contribution in [0.4, 0.5) is 10.1 Å². The van der Waals surface area contributed by atoms with E-state index >= 15 is 0 Å². The lowest BCUT2D eigenvalue weighted by Crippen LogP contribution is -2.40. The molecule has 0 radical (unpaired) electrons. The summed E-state index contributed by atoms with van der Waals surface area (Å²) < 4.78 is 19.0. The van der Waals surface area contributed by atoms with E-state index in [0.717, 1.165) is 6.54 Å². The number of carbonyl (C=O) groups excluding carboxylic acids is 1. The summed E-state index contributed by atoms with van der Waals surface area (Å²) in [5.41, 5.74) is 0.970. The highest BCUT2D eigenvalue weighted by molar-refractivity contribution is 5.91. The van der Waals surface area contributed by atoms with Crippen LogP contribution in [0.5, 0.6) is 0 Å². The first-order valence-corrected chi connectivity index (χ1v) is 6.04. The number of carbonyl (C=O) groups is 1. The Labute approximate surface area is 106 Å². The van der Waals surface area contributed by atoms with Gasteiger partial charge in [-0.2, -0.15) is 0 Å². The molecule has 1 fully saturated rings. The number of para-hydroxylation sites is 1. The second kappa shape index (κ2) is 5.93. The van der Waals surface area contributed by atoms with Gasteiger partial charge in [-0.15, -0.1) is 0 Å². The lowest BCUT2D eigenvalue weighted by Gasteiger charge is -2.23. The molecule has 1 aliphatic heterocycles. The van der Waals surface area contributed by atoms with Gasteiger partial charge in [0, 0.05) is 13.1 Å². The molecule has 0 aliphatic carbocycles. The van der Waals surface area contributed by atoms with E-state index in [1.807, 2.05) is 0 Å². The molecule has 0 spiro atoms. The number of halogens is 1. The number of aryl methyl sites for hydroxylation is 1. The lowest BCUT2D eigenvalue weighted by atomic mass is 10.1. The van der Waals surface area contributed by atoms with Gasteiger partial charge in [0.2, 0.25) is 5.91 Å². The Balaban J connectivity index is 1.94. The fourth-order valence-electron chi connectivity index (χ4n) is 1.94. The van der Waals surface area contributed by atoms with Crippen LogP contribution in [0.2, 0.25) is 0 Å². The molecule has 1 aliphatic rings. The standard InChI is InChI=1S/C13H17FN2O2/c1-9-3-2-4-11(14)13(9)16-12(17)7-10-8-15-5-6-18-10/h2-4,10,15H,5-8H2,1H3,(H,16,17). The molecule has 1 aromatic carbocycles. The molecule has 1 atom stereocenters. The molecule has 2 N–H and O–H groups in total. The summed E-state index contributed by atoms with van der Waals surface area (Å²) in [6, 6.07) is 4.72. The van der Waals surface area contributed by atoms with E-state index in [1.54, 1.807) is 19.1 Å². The summed E-state index contributed by atoms with van der Waals surface area (Å²) in [6.07, 6.45) is 0.103. The zero-order valence-electron chi connectivity index (χ0n) is 10.3. The van der Waals surface area contributed by atoms with Gasteiger partial charge in [0.15, 0.2) is 0 Å². The SMILES string of the molecule is Cc1cccc(F)c1NC(=O)CC1CNCCO1. The molecular weight excluding hydrogens is 235 g/mol. The van der Waals surface area contributed by atoms with Gasteiger partial charge in [-0.3, -0.25) is 4.79 Å². The first-order valence-electron chi connectivity index (χ1n) is 6.04. The van der Waals surface area contributed by atoms with Crippen molar-refractivity contribution in [3.63, 3.8) is 0 Å². The van der Waals surface area contributed by atoms with Gasteiger partial charge in [-0.25, -0.2) is 4.39 Å². The molecule has 18 heavy (non-hydrogen) atoms. The summed E-state index contributed by atoms with van der Waals surface area (Å²) in [4.78, 5) is 11.8. The van der Waals surface area contributed by atoms with E-state index in [2.05, 4.69) is 10.6 Å². The number of hydrogen-bond acceptors (Lipinski definition) is 3. The Bertz CT molecular complexity index is 411. The first-order chi connectivity index (χ1) is 8.66. The highest BCUT2D eigenvalue weighted by Gasteiger charge is 2.18. The maximum Gasteiger partial charge on any atom is 0.227 e. The average molecular weight is 252 g/mol. The number of rotatable bonds is 3. The Morgan fingerprint density at radius 2 is 2.44 bits per heavy atom. The monoisotopic (exact) mass is 252 g/mol. The first kappa shape index (κ1) is 13.0. The van der Waals surface area contributed by atoms with Crippen molar-refractivity contribution in [3.05, 3.63) is 29.6 Å². The van der Waals surface area contributed by atoms with Gasteiger partial charge >= 0.3 is 0 Å². The van der Waals surface area contributed by atoms with Crippen LogP contribution in [0.3, 0.4) is 0 Å². The summed E-state index contributed by atoms with van der Waals surface area (Å²) in [5, 5.41) is 5.75. The van der Waals surface area contributed by atoms with Gasteiger partial charge in [-0.05, 0) is 18.6 Å². The largest absolute Gasteiger partial charge is 0.375 e. The molecule has 5 heteroatoms. The van der Waals surface area contributed by atoms with Crippen LogP contribution in [0.1, 0.15) is 12.0 Å². The Morgan fingerprint density at radius 3 is 3.11 bits per heavy atom. The van der Waals surface area contributed by atoms with Gasteiger partial charge in [0.05, 0.1) is 24.8 Å². The molecule has 1 amide bonds. The van der Waals surface area contributed by atoms with Crippen LogP contribution in [-0.2, 0) is 9.53 Å². The zero-order valence-corrected chi connectivity index (χ0v) is 10.3. The number of benzene rings is 1. The summed E-state index contributed by atoms with van der Waals surface area (Å²) in [6.45, 7) is 3.84. The van der Waals surface area contributed by atoms with Crippen LogP contribution < -0.4 is 10.6 Å². The fourth-order valence-corrected chi connectivity index (χ4v) is 1.94. The van der Waals surface area contributed by atoms with Crippen LogP contribution in [0.25, 0.3) is 0 Å². The topological polar surface area (TPSA) is 50.4 Å². The minimum atomic E-state index is -0.411. The molecule has 1 heterocycles. The molecule has 0 saturated carbocycles. The third kappa shape index (κ3) is 3.27. The lowest BCUT2D eigenvalue weighted by molar-refractivity contribution is -0.119. The second-order valence-electron chi connectivity index (χ2n) is 4.38. The van der Waals surface area contributed by atoms with Crippen molar-refractivity contribution >= 4 is 11.6 Å². The minimum Gasteiger partial charge on any atom is -0.375 e. The average Bonchev–Trinajstić information content (AvgIpc) is 2.35. The zero-order chi connectivity index (χ0) is 13.0. The molecular formula is C13H17FN2O2. The van der Waals surface area contributed by atoms with Crippen molar-refractivity contribution in [2.75, 3.05) is 25.0 Å². The summed E-state index contributed by atoms with van der Waals surface area (Å²) in [5.74, 6) is -0.636. The van der Waals surface area contributed by atoms with Crippen molar-refractivity contribution in [2.24, 2.45) is 0 Å². The molecule has 0 aromatic heterocycles. The van der Waals surface area contributed by atoms with E-state index < -0.39 is 5.82 Å². The number of hydrogen-bond donors (Lipinski definition) is 2. The van der Waals surface area contributed by atoms with Crippen molar-refractivity contribution in [3.8, 4) is 0 Å². The minimum absolute atomic E-state index is 0.133. The molecule has 1 saturated heterocycles. The van der Waals surface area contributed by atoms with E-state index in [0.29, 0.717) is 18.7 Å². The molecule has 0 bridgehead atoms. The summed E-state index contributed by atoms with van der Waals surface area (Å²) in [7, 11) is 0. The number of amides is 1. The smallest absolute Gasteiger partial charge is 0.227 e. The number of nitrogens with one attached hydrogen (secondary N) is 2. The maximum absolute atomic E-state index is 13.5. The van der Waals surface area contributed by atoms with Crippen molar-refractivity contribution in [1.82, 2.24) is 5.32 Å². The van der Waals surface area contributed by atoms with Crippen molar-refractivity contribution in [2.45, 2.75) is 19.4 Å². The van der Waals surface area contributed by atoms with Crippen molar-refractivity contribution in [1.29, 1.82) is 0 Å². The van der Waals surface area contributed by atoms with E-state index in [9.17, 15) is 9.18 Å². The third-order valence-electron chi connectivity index (χ3n) is 2.90. The number of ether oxygens (including phenoxy) is 1.